The molecule has 23 heavy (non-hydrogen) atoms. The van der Waals surface area contributed by atoms with Crippen LogP contribution in [0.4, 0.5) is 0 Å². The van der Waals surface area contributed by atoms with Gasteiger partial charge in [0.05, 0.1) is 6.10 Å². The fraction of sp³-hybridized carbons (Fsp3) is 0.706. The highest BCUT2D eigenvalue weighted by molar-refractivity contribution is 5.88. The number of hydrogen-bond donors (Lipinski definition) is 0. The van der Waals surface area contributed by atoms with Crippen LogP contribution in [0.15, 0.2) is 12.2 Å². The molecule has 0 aliphatic heterocycles. The summed E-state index contributed by atoms with van der Waals surface area (Å²) in [5.74, 6) is 0.265. The summed E-state index contributed by atoms with van der Waals surface area (Å²) in [7, 11) is 0. The standard InChI is InChI=1S/C17H22O6/c1-9(2)17(20)21-7-14(18)22-8-23-16-12-4-10-3-11(6-12)15(19)13(16)5-10/h10-13,16H,1,3-8H2,2H3. The van der Waals surface area contributed by atoms with E-state index in [1.54, 1.807) is 0 Å². The number of carbonyl (C=O) groups is 3. The molecule has 4 saturated carbocycles. The van der Waals surface area contributed by atoms with E-state index in [4.69, 9.17) is 14.2 Å². The van der Waals surface area contributed by atoms with Gasteiger partial charge in [-0.3, -0.25) is 4.79 Å². The largest absolute Gasteiger partial charge is 0.450 e. The van der Waals surface area contributed by atoms with Crippen molar-refractivity contribution in [3.63, 3.8) is 0 Å². The zero-order chi connectivity index (χ0) is 16.6. The zero-order valence-electron chi connectivity index (χ0n) is 13.3. The Morgan fingerprint density at radius 1 is 1.17 bits per heavy atom. The lowest BCUT2D eigenvalue weighted by atomic mass is 9.54. The monoisotopic (exact) mass is 322 g/mol. The minimum atomic E-state index is -0.672. The van der Waals surface area contributed by atoms with Crippen LogP contribution in [0, 0.1) is 23.7 Å². The smallest absolute Gasteiger partial charge is 0.346 e. The lowest BCUT2D eigenvalue weighted by Gasteiger charge is -2.52. The number of hydrogen-bond acceptors (Lipinski definition) is 6. The van der Waals surface area contributed by atoms with Gasteiger partial charge in [0.25, 0.3) is 0 Å². The zero-order valence-corrected chi connectivity index (χ0v) is 13.3. The van der Waals surface area contributed by atoms with Crippen LogP contribution in [-0.4, -0.2) is 37.2 Å². The van der Waals surface area contributed by atoms with Gasteiger partial charge in [0, 0.05) is 17.4 Å². The predicted octanol–water partition coefficient (Wildman–Crippen LogP) is 1.63. The first kappa shape index (κ1) is 16.2. The molecule has 0 amide bonds. The number of rotatable bonds is 6. The third kappa shape index (κ3) is 3.32. The lowest BCUT2D eigenvalue weighted by Crippen LogP contribution is -2.55. The molecule has 0 heterocycles. The Kier molecular flexibility index (Phi) is 4.53. The number of ketones is 1. The van der Waals surface area contributed by atoms with Crippen molar-refractivity contribution in [2.24, 2.45) is 23.7 Å². The van der Waals surface area contributed by atoms with Gasteiger partial charge in [-0.05, 0) is 44.4 Å². The topological polar surface area (TPSA) is 78.9 Å². The molecular weight excluding hydrogens is 300 g/mol. The van der Waals surface area contributed by atoms with E-state index in [0.717, 1.165) is 25.7 Å². The average Bonchev–Trinajstić information content (AvgIpc) is 2.51. The third-order valence-corrected chi connectivity index (χ3v) is 5.21. The first-order chi connectivity index (χ1) is 11.0. The predicted molar refractivity (Wildman–Crippen MR) is 79.0 cm³/mol. The van der Waals surface area contributed by atoms with Crippen LogP contribution in [0.2, 0.25) is 0 Å². The Labute approximate surface area is 135 Å². The van der Waals surface area contributed by atoms with Gasteiger partial charge < -0.3 is 14.2 Å². The molecule has 5 atom stereocenters. The van der Waals surface area contributed by atoms with E-state index in [-0.39, 0.29) is 30.3 Å². The fourth-order valence-corrected chi connectivity index (χ4v) is 4.30. The number of carbonyl (C=O) groups excluding carboxylic acids is 3. The van der Waals surface area contributed by atoms with E-state index >= 15 is 0 Å². The summed E-state index contributed by atoms with van der Waals surface area (Å²) < 4.78 is 15.3. The van der Waals surface area contributed by atoms with Crippen LogP contribution in [0.5, 0.6) is 0 Å². The van der Waals surface area contributed by atoms with Crippen molar-refractivity contribution >= 4 is 17.7 Å². The molecule has 4 bridgehead atoms. The number of ether oxygens (including phenoxy) is 3. The van der Waals surface area contributed by atoms with Crippen molar-refractivity contribution in [3.05, 3.63) is 12.2 Å². The maximum atomic E-state index is 12.3. The maximum Gasteiger partial charge on any atom is 0.346 e. The highest BCUT2D eigenvalue weighted by atomic mass is 16.7. The summed E-state index contributed by atoms with van der Waals surface area (Å²) in [6, 6.07) is 0. The van der Waals surface area contributed by atoms with E-state index < -0.39 is 18.5 Å². The van der Waals surface area contributed by atoms with E-state index in [1.165, 1.54) is 6.92 Å². The molecule has 4 rings (SSSR count). The normalized spacial score (nSPS) is 34.3. The van der Waals surface area contributed by atoms with Crippen LogP contribution in [0.25, 0.3) is 0 Å². The summed E-state index contributed by atoms with van der Waals surface area (Å²) in [6.07, 6.45) is 3.82. The first-order valence-corrected chi connectivity index (χ1v) is 8.09. The second kappa shape index (κ2) is 6.43. The highest BCUT2D eigenvalue weighted by Crippen LogP contribution is 2.52. The molecule has 5 unspecified atom stereocenters. The van der Waals surface area contributed by atoms with E-state index in [1.807, 2.05) is 0 Å². The Morgan fingerprint density at radius 2 is 1.96 bits per heavy atom. The van der Waals surface area contributed by atoms with Crippen LogP contribution >= 0.6 is 0 Å². The summed E-state index contributed by atoms with van der Waals surface area (Å²) in [4.78, 5) is 34.9. The van der Waals surface area contributed by atoms with Gasteiger partial charge in [0.15, 0.2) is 13.4 Å². The molecule has 4 aliphatic rings. The molecule has 6 heteroatoms. The van der Waals surface area contributed by atoms with Crippen molar-refractivity contribution < 1.29 is 28.6 Å². The van der Waals surface area contributed by atoms with E-state index in [2.05, 4.69) is 6.58 Å². The van der Waals surface area contributed by atoms with Crippen molar-refractivity contribution in [2.45, 2.75) is 38.7 Å². The molecule has 6 nitrogen and oxygen atoms in total. The molecule has 0 aromatic rings. The molecule has 0 N–H and O–H groups in total. The second-order valence-electron chi connectivity index (χ2n) is 6.90. The molecular formula is C17H22O6. The van der Waals surface area contributed by atoms with E-state index in [0.29, 0.717) is 17.6 Å². The second-order valence-corrected chi connectivity index (χ2v) is 6.90. The quantitative estimate of drug-likeness (QED) is 0.420. The third-order valence-electron chi connectivity index (χ3n) is 5.21. The summed E-state index contributed by atoms with van der Waals surface area (Å²) in [5.41, 5.74) is 0.223. The highest BCUT2D eigenvalue weighted by Gasteiger charge is 2.53. The molecule has 0 spiro atoms. The summed E-state index contributed by atoms with van der Waals surface area (Å²) in [6.45, 7) is 4.26. The van der Waals surface area contributed by atoms with Crippen LogP contribution < -0.4 is 0 Å². The van der Waals surface area contributed by atoms with Crippen molar-refractivity contribution in [1.29, 1.82) is 0 Å². The van der Waals surface area contributed by atoms with E-state index in [9.17, 15) is 14.4 Å². The Balaban J connectivity index is 1.42. The molecule has 4 aliphatic carbocycles. The van der Waals surface area contributed by atoms with Gasteiger partial charge in [-0.2, -0.15) is 0 Å². The van der Waals surface area contributed by atoms with Crippen LogP contribution in [-0.2, 0) is 28.6 Å². The minimum absolute atomic E-state index is 0.0359. The molecule has 0 radical (unpaired) electrons. The van der Waals surface area contributed by atoms with Crippen LogP contribution in [0.3, 0.4) is 0 Å². The van der Waals surface area contributed by atoms with Gasteiger partial charge in [-0.25, -0.2) is 9.59 Å². The number of Topliss-reactive ketones (excluding diaryl/α,β-unsaturated/α-hetero) is 1. The molecule has 0 aromatic carbocycles. The van der Waals surface area contributed by atoms with Gasteiger partial charge in [-0.15, -0.1) is 0 Å². The summed E-state index contributed by atoms with van der Waals surface area (Å²) >= 11 is 0. The maximum absolute atomic E-state index is 12.3. The lowest BCUT2D eigenvalue weighted by molar-refractivity contribution is -0.191. The molecule has 126 valence electrons. The first-order valence-electron chi connectivity index (χ1n) is 8.09. The Morgan fingerprint density at radius 3 is 2.70 bits per heavy atom. The Bertz CT molecular complexity index is 539. The SMILES string of the molecule is C=C(C)C(=O)OCC(=O)OCOC1C2CC3CC(C2)C(=O)C1C3. The van der Waals surface area contributed by atoms with Crippen molar-refractivity contribution in [1.82, 2.24) is 0 Å². The fourth-order valence-electron chi connectivity index (χ4n) is 4.30. The molecule has 0 aromatic heterocycles. The van der Waals surface area contributed by atoms with Gasteiger partial charge >= 0.3 is 11.9 Å². The van der Waals surface area contributed by atoms with Gasteiger partial charge in [0.1, 0.15) is 5.78 Å². The Hall–Kier alpha value is -1.69. The number of esters is 2. The average molecular weight is 322 g/mol. The van der Waals surface area contributed by atoms with Crippen molar-refractivity contribution in [2.75, 3.05) is 13.4 Å². The van der Waals surface area contributed by atoms with Gasteiger partial charge in [0.2, 0.25) is 0 Å². The van der Waals surface area contributed by atoms with Crippen molar-refractivity contribution in [3.8, 4) is 0 Å². The molecule has 4 fully saturated rings. The van der Waals surface area contributed by atoms with Gasteiger partial charge in [-0.1, -0.05) is 6.58 Å². The summed E-state index contributed by atoms with van der Waals surface area (Å²) in [5, 5.41) is 0. The minimum Gasteiger partial charge on any atom is -0.450 e. The molecule has 0 saturated heterocycles. The van der Waals surface area contributed by atoms with Crippen LogP contribution in [0.1, 0.15) is 32.6 Å².